The Kier molecular flexibility index (Phi) is 3.04. The van der Waals surface area contributed by atoms with E-state index in [1.165, 1.54) is 12.8 Å². The molecule has 18 heavy (non-hydrogen) atoms. The van der Waals surface area contributed by atoms with Crippen molar-refractivity contribution >= 4 is 0 Å². The van der Waals surface area contributed by atoms with Crippen molar-refractivity contribution in [3.63, 3.8) is 0 Å². The SMILES string of the molecule is COc1ccc2c(c1)O[C@@H]([C@@H]1CCCN1C)CO2. The first kappa shape index (κ1) is 11.7. The number of methoxy groups -OCH3 is 1. The van der Waals surface area contributed by atoms with E-state index in [1.807, 2.05) is 18.2 Å². The Balaban J connectivity index is 1.79. The lowest BCUT2D eigenvalue weighted by molar-refractivity contribution is 0.0366. The molecule has 2 heterocycles. The summed E-state index contributed by atoms with van der Waals surface area (Å²) in [5, 5.41) is 0. The number of rotatable bonds is 2. The van der Waals surface area contributed by atoms with Gasteiger partial charge in [0.1, 0.15) is 18.5 Å². The van der Waals surface area contributed by atoms with E-state index in [2.05, 4.69) is 11.9 Å². The third kappa shape index (κ3) is 2.01. The van der Waals surface area contributed by atoms with E-state index in [1.54, 1.807) is 7.11 Å². The number of nitrogens with zero attached hydrogens (tertiary/aromatic N) is 1. The summed E-state index contributed by atoms with van der Waals surface area (Å²) in [5.41, 5.74) is 0. The predicted molar refractivity (Wildman–Crippen MR) is 68.6 cm³/mol. The van der Waals surface area contributed by atoms with E-state index >= 15 is 0 Å². The molecule has 4 nitrogen and oxygen atoms in total. The largest absolute Gasteiger partial charge is 0.497 e. The zero-order valence-corrected chi connectivity index (χ0v) is 10.9. The van der Waals surface area contributed by atoms with Gasteiger partial charge in [0, 0.05) is 12.1 Å². The van der Waals surface area contributed by atoms with Gasteiger partial charge in [-0.3, -0.25) is 4.90 Å². The molecule has 98 valence electrons. The standard InChI is InChI=1S/C14H19NO3/c1-15-7-3-4-11(15)14-9-17-12-6-5-10(16-2)8-13(12)18-14/h5-6,8,11,14H,3-4,7,9H2,1-2H3/t11-,14+/m0/s1. The van der Waals surface area contributed by atoms with E-state index in [0.717, 1.165) is 23.8 Å². The summed E-state index contributed by atoms with van der Waals surface area (Å²) in [6.07, 6.45) is 2.55. The van der Waals surface area contributed by atoms with E-state index in [-0.39, 0.29) is 6.10 Å². The molecular weight excluding hydrogens is 230 g/mol. The van der Waals surface area contributed by atoms with Gasteiger partial charge in [-0.05, 0) is 38.6 Å². The van der Waals surface area contributed by atoms with Crippen LogP contribution in [0.15, 0.2) is 18.2 Å². The molecule has 2 aliphatic heterocycles. The summed E-state index contributed by atoms with van der Waals surface area (Å²) in [6.45, 7) is 1.78. The Hall–Kier alpha value is -1.42. The average Bonchev–Trinajstić information content (AvgIpc) is 2.83. The number of fused-ring (bicyclic) bond motifs is 1. The first-order chi connectivity index (χ1) is 8.78. The smallest absolute Gasteiger partial charge is 0.165 e. The highest BCUT2D eigenvalue weighted by molar-refractivity contribution is 5.46. The van der Waals surface area contributed by atoms with Gasteiger partial charge >= 0.3 is 0 Å². The normalized spacial score (nSPS) is 27.2. The molecule has 2 atom stereocenters. The van der Waals surface area contributed by atoms with Crippen LogP contribution >= 0.6 is 0 Å². The maximum absolute atomic E-state index is 6.08. The number of benzene rings is 1. The Morgan fingerprint density at radius 3 is 2.94 bits per heavy atom. The number of likely N-dealkylation sites (tertiary alicyclic amines) is 1. The van der Waals surface area contributed by atoms with Gasteiger partial charge < -0.3 is 14.2 Å². The topological polar surface area (TPSA) is 30.9 Å². The van der Waals surface area contributed by atoms with Gasteiger partial charge in [-0.15, -0.1) is 0 Å². The molecule has 1 saturated heterocycles. The van der Waals surface area contributed by atoms with E-state index < -0.39 is 0 Å². The van der Waals surface area contributed by atoms with Crippen LogP contribution in [0.5, 0.6) is 17.2 Å². The molecule has 0 radical (unpaired) electrons. The fourth-order valence-electron chi connectivity index (χ4n) is 2.79. The summed E-state index contributed by atoms with van der Waals surface area (Å²) < 4.78 is 17.1. The zero-order chi connectivity index (χ0) is 12.5. The predicted octanol–water partition coefficient (Wildman–Crippen LogP) is 1.93. The van der Waals surface area contributed by atoms with Crippen molar-refractivity contribution in [2.45, 2.75) is 25.0 Å². The van der Waals surface area contributed by atoms with Crippen LogP contribution in [0, 0.1) is 0 Å². The van der Waals surface area contributed by atoms with Crippen LogP contribution in [0.1, 0.15) is 12.8 Å². The van der Waals surface area contributed by atoms with Gasteiger partial charge in [-0.25, -0.2) is 0 Å². The molecule has 1 aromatic carbocycles. The van der Waals surface area contributed by atoms with Crippen LogP contribution in [0.25, 0.3) is 0 Å². The third-order valence-corrected chi connectivity index (χ3v) is 3.84. The van der Waals surface area contributed by atoms with E-state index in [0.29, 0.717) is 12.6 Å². The van der Waals surface area contributed by atoms with Crippen molar-refractivity contribution in [1.29, 1.82) is 0 Å². The number of ether oxygens (including phenoxy) is 3. The second-order valence-corrected chi connectivity index (χ2v) is 4.97. The molecule has 2 aliphatic rings. The maximum Gasteiger partial charge on any atom is 0.165 e. The van der Waals surface area contributed by atoms with Crippen molar-refractivity contribution in [3.8, 4) is 17.2 Å². The summed E-state index contributed by atoms with van der Waals surface area (Å²) in [5.74, 6) is 2.41. The van der Waals surface area contributed by atoms with Crippen LogP contribution in [0.3, 0.4) is 0 Å². The number of likely N-dealkylation sites (N-methyl/N-ethyl adjacent to an activating group) is 1. The van der Waals surface area contributed by atoms with Gasteiger partial charge in [0.2, 0.25) is 0 Å². The van der Waals surface area contributed by atoms with E-state index in [9.17, 15) is 0 Å². The Bertz CT molecular complexity index is 435. The Morgan fingerprint density at radius 2 is 2.22 bits per heavy atom. The summed E-state index contributed by atoms with van der Waals surface area (Å²) in [6, 6.07) is 6.16. The molecule has 0 aromatic heterocycles. The van der Waals surface area contributed by atoms with Gasteiger partial charge in [0.25, 0.3) is 0 Å². The lowest BCUT2D eigenvalue weighted by atomic mass is 10.1. The molecule has 1 fully saturated rings. The van der Waals surface area contributed by atoms with Gasteiger partial charge in [-0.1, -0.05) is 0 Å². The molecule has 0 unspecified atom stereocenters. The molecular formula is C14H19NO3. The van der Waals surface area contributed by atoms with Gasteiger partial charge in [0.05, 0.1) is 7.11 Å². The quantitative estimate of drug-likeness (QED) is 0.801. The maximum atomic E-state index is 6.08. The molecule has 3 rings (SSSR count). The van der Waals surface area contributed by atoms with Gasteiger partial charge in [-0.2, -0.15) is 0 Å². The third-order valence-electron chi connectivity index (χ3n) is 3.84. The lowest BCUT2D eigenvalue weighted by Gasteiger charge is -2.33. The lowest BCUT2D eigenvalue weighted by Crippen LogP contribution is -2.45. The summed E-state index contributed by atoms with van der Waals surface area (Å²) >= 11 is 0. The second-order valence-electron chi connectivity index (χ2n) is 4.97. The first-order valence-corrected chi connectivity index (χ1v) is 6.45. The van der Waals surface area contributed by atoms with Crippen molar-refractivity contribution < 1.29 is 14.2 Å². The fourth-order valence-corrected chi connectivity index (χ4v) is 2.79. The summed E-state index contributed by atoms with van der Waals surface area (Å²) in [4.78, 5) is 2.36. The average molecular weight is 249 g/mol. The van der Waals surface area contributed by atoms with Crippen LogP contribution in [-0.4, -0.2) is 44.4 Å². The Morgan fingerprint density at radius 1 is 1.33 bits per heavy atom. The van der Waals surface area contributed by atoms with Crippen molar-refractivity contribution in [1.82, 2.24) is 4.90 Å². The minimum Gasteiger partial charge on any atom is -0.497 e. The minimum atomic E-state index is 0.122. The molecule has 0 spiro atoms. The number of hydrogen-bond donors (Lipinski definition) is 0. The summed E-state index contributed by atoms with van der Waals surface area (Å²) in [7, 11) is 3.82. The van der Waals surface area contributed by atoms with Crippen LogP contribution < -0.4 is 14.2 Å². The molecule has 0 aliphatic carbocycles. The first-order valence-electron chi connectivity index (χ1n) is 6.45. The molecule has 4 heteroatoms. The molecule has 0 bridgehead atoms. The highest BCUT2D eigenvalue weighted by Gasteiger charge is 2.34. The fraction of sp³-hybridized carbons (Fsp3) is 0.571. The van der Waals surface area contributed by atoms with Crippen LogP contribution in [0.4, 0.5) is 0 Å². The van der Waals surface area contributed by atoms with Crippen LogP contribution in [0.2, 0.25) is 0 Å². The second kappa shape index (κ2) is 4.69. The minimum absolute atomic E-state index is 0.122. The molecule has 1 aromatic rings. The molecule has 0 saturated carbocycles. The van der Waals surface area contributed by atoms with Crippen molar-refractivity contribution in [2.24, 2.45) is 0 Å². The van der Waals surface area contributed by atoms with E-state index in [4.69, 9.17) is 14.2 Å². The highest BCUT2D eigenvalue weighted by atomic mass is 16.6. The van der Waals surface area contributed by atoms with Crippen LogP contribution in [-0.2, 0) is 0 Å². The zero-order valence-electron chi connectivity index (χ0n) is 10.9. The van der Waals surface area contributed by atoms with Gasteiger partial charge in [0.15, 0.2) is 11.5 Å². The highest BCUT2D eigenvalue weighted by Crippen LogP contribution is 2.37. The Labute approximate surface area is 107 Å². The number of hydrogen-bond acceptors (Lipinski definition) is 4. The molecule has 0 amide bonds. The van der Waals surface area contributed by atoms with Crippen molar-refractivity contribution in [3.05, 3.63) is 18.2 Å². The molecule has 0 N–H and O–H groups in total. The van der Waals surface area contributed by atoms with Crippen molar-refractivity contribution in [2.75, 3.05) is 27.3 Å². The monoisotopic (exact) mass is 249 g/mol.